The fourth-order valence-electron chi connectivity index (χ4n) is 3.20. The van der Waals surface area contributed by atoms with E-state index in [4.69, 9.17) is 4.74 Å². The molecule has 1 amide bonds. The topological polar surface area (TPSA) is 110 Å². The third kappa shape index (κ3) is 4.62. The zero-order valence-electron chi connectivity index (χ0n) is 17.4. The van der Waals surface area contributed by atoms with E-state index in [1.54, 1.807) is 54.7 Å². The number of carbonyl (C=O) groups excluding carboxylic acids is 1. The van der Waals surface area contributed by atoms with E-state index < -0.39 is 10.0 Å². The van der Waals surface area contributed by atoms with Crippen LogP contribution in [0.4, 0.5) is 5.69 Å². The molecule has 0 atom stereocenters. The summed E-state index contributed by atoms with van der Waals surface area (Å²) in [5.41, 5.74) is 2.41. The predicted molar refractivity (Wildman–Crippen MR) is 121 cm³/mol. The molecule has 1 aromatic heterocycles. The lowest BCUT2D eigenvalue weighted by molar-refractivity contribution is 0.0950. The minimum atomic E-state index is -3.69. The van der Waals surface area contributed by atoms with Crippen LogP contribution in [-0.4, -0.2) is 31.8 Å². The highest BCUT2D eigenvalue weighted by atomic mass is 32.2. The lowest BCUT2D eigenvalue weighted by Crippen LogP contribution is -2.23. The molecule has 9 heteroatoms. The zero-order valence-corrected chi connectivity index (χ0v) is 18.2. The number of hydrogen-bond acceptors (Lipinski definition) is 6. The number of fused-ring (bicyclic) bond motifs is 1. The Balaban J connectivity index is 1.41. The molecule has 0 bridgehead atoms. The SMILES string of the molecule is CCCOc1ncccc1CNC(=O)c1ccc(NC2=NS(=O)(=O)c3ccccc32)cc1. The molecular formula is C23H22N4O4S. The van der Waals surface area contributed by atoms with Gasteiger partial charge in [0.15, 0.2) is 5.84 Å². The van der Waals surface area contributed by atoms with Crippen LogP contribution >= 0.6 is 0 Å². The van der Waals surface area contributed by atoms with Crippen molar-refractivity contribution in [3.05, 3.63) is 83.6 Å². The Morgan fingerprint density at radius 1 is 1.03 bits per heavy atom. The van der Waals surface area contributed by atoms with Crippen LogP contribution in [0.3, 0.4) is 0 Å². The number of nitrogens with one attached hydrogen (secondary N) is 2. The molecule has 164 valence electrons. The first-order valence-corrected chi connectivity index (χ1v) is 11.6. The molecule has 2 aromatic carbocycles. The summed E-state index contributed by atoms with van der Waals surface area (Å²) in [4.78, 5) is 16.9. The van der Waals surface area contributed by atoms with Crippen LogP contribution < -0.4 is 15.4 Å². The fourth-order valence-corrected chi connectivity index (χ4v) is 4.38. The zero-order chi connectivity index (χ0) is 22.6. The van der Waals surface area contributed by atoms with Gasteiger partial charge in [-0.15, -0.1) is 4.40 Å². The third-order valence-electron chi connectivity index (χ3n) is 4.77. The number of amides is 1. The van der Waals surface area contributed by atoms with Gasteiger partial charge in [0, 0.05) is 35.1 Å². The Morgan fingerprint density at radius 2 is 1.81 bits per heavy atom. The van der Waals surface area contributed by atoms with Gasteiger partial charge in [-0.2, -0.15) is 8.42 Å². The maximum Gasteiger partial charge on any atom is 0.285 e. The number of anilines is 1. The van der Waals surface area contributed by atoms with Crippen LogP contribution in [0.15, 0.2) is 76.2 Å². The maximum atomic E-state index is 12.6. The molecule has 0 spiro atoms. The van der Waals surface area contributed by atoms with Crippen LogP contribution in [0.25, 0.3) is 0 Å². The first-order chi connectivity index (χ1) is 15.5. The first kappa shape index (κ1) is 21.5. The molecule has 3 aromatic rings. The van der Waals surface area contributed by atoms with E-state index in [0.29, 0.717) is 29.3 Å². The molecule has 2 heterocycles. The monoisotopic (exact) mass is 450 g/mol. The van der Waals surface area contributed by atoms with Crippen molar-refractivity contribution in [3.63, 3.8) is 0 Å². The number of ether oxygens (including phenoxy) is 1. The number of nitrogens with zero attached hydrogens (tertiary/aromatic N) is 2. The van der Waals surface area contributed by atoms with E-state index in [2.05, 4.69) is 20.0 Å². The molecule has 0 fully saturated rings. The summed E-state index contributed by atoms with van der Waals surface area (Å²) in [6, 6.07) is 17.0. The van der Waals surface area contributed by atoms with Gasteiger partial charge in [-0.3, -0.25) is 4.79 Å². The van der Waals surface area contributed by atoms with Crippen LogP contribution in [0.5, 0.6) is 5.88 Å². The highest BCUT2D eigenvalue weighted by Gasteiger charge is 2.28. The summed E-state index contributed by atoms with van der Waals surface area (Å²) in [6.45, 7) is 2.86. The van der Waals surface area contributed by atoms with Gasteiger partial charge in [0.2, 0.25) is 5.88 Å². The van der Waals surface area contributed by atoms with Crippen molar-refractivity contribution in [2.75, 3.05) is 11.9 Å². The Hall–Kier alpha value is -3.72. The van der Waals surface area contributed by atoms with Crippen LogP contribution in [0, 0.1) is 0 Å². The Morgan fingerprint density at radius 3 is 2.59 bits per heavy atom. The van der Waals surface area contributed by atoms with E-state index >= 15 is 0 Å². The molecule has 1 aliphatic heterocycles. The van der Waals surface area contributed by atoms with Gasteiger partial charge in [0.1, 0.15) is 4.90 Å². The number of pyridine rings is 1. The Labute approximate surface area is 186 Å². The van der Waals surface area contributed by atoms with Crippen molar-refractivity contribution in [1.29, 1.82) is 0 Å². The minimum absolute atomic E-state index is 0.177. The summed E-state index contributed by atoms with van der Waals surface area (Å²) < 4.78 is 33.8. The van der Waals surface area contributed by atoms with Crippen molar-refractivity contribution in [2.45, 2.75) is 24.8 Å². The normalized spacial score (nSPS) is 13.7. The number of rotatable bonds is 7. The van der Waals surface area contributed by atoms with E-state index in [9.17, 15) is 13.2 Å². The van der Waals surface area contributed by atoms with Crippen LogP contribution in [0.1, 0.15) is 34.8 Å². The summed E-state index contributed by atoms with van der Waals surface area (Å²) >= 11 is 0. The number of hydrogen-bond donors (Lipinski definition) is 2. The fraction of sp³-hybridized carbons (Fsp3) is 0.174. The summed E-state index contributed by atoms with van der Waals surface area (Å²) in [7, 11) is -3.69. The molecule has 0 unspecified atom stereocenters. The Bertz CT molecular complexity index is 1270. The summed E-state index contributed by atoms with van der Waals surface area (Å²) in [5, 5.41) is 5.88. The van der Waals surface area contributed by atoms with E-state index in [0.717, 1.165) is 12.0 Å². The van der Waals surface area contributed by atoms with Gasteiger partial charge in [0.25, 0.3) is 15.9 Å². The van der Waals surface area contributed by atoms with Gasteiger partial charge >= 0.3 is 0 Å². The smallest absolute Gasteiger partial charge is 0.285 e. The van der Waals surface area contributed by atoms with Gasteiger partial charge < -0.3 is 15.4 Å². The quantitative estimate of drug-likeness (QED) is 0.571. The third-order valence-corrected chi connectivity index (χ3v) is 6.11. The lowest BCUT2D eigenvalue weighted by atomic mass is 10.1. The first-order valence-electron chi connectivity index (χ1n) is 10.1. The number of benzene rings is 2. The van der Waals surface area contributed by atoms with Gasteiger partial charge in [-0.25, -0.2) is 4.98 Å². The van der Waals surface area contributed by atoms with Crippen molar-refractivity contribution in [2.24, 2.45) is 4.40 Å². The second-order valence-electron chi connectivity index (χ2n) is 7.11. The average molecular weight is 451 g/mol. The van der Waals surface area contributed by atoms with Gasteiger partial charge in [-0.1, -0.05) is 25.1 Å². The van der Waals surface area contributed by atoms with Crippen molar-refractivity contribution >= 4 is 27.5 Å². The second-order valence-corrected chi connectivity index (χ2v) is 8.68. The molecule has 0 saturated carbocycles. The number of aromatic nitrogens is 1. The van der Waals surface area contributed by atoms with Gasteiger partial charge in [-0.05, 0) is 48.9 Å². The number of sulfonamides is 1. The molecule has 0 saturated heterocycles. The minimum Gasteiger partial charge on any atom is -0.477 e. The molecule has 32 heavy (non-hydrogen) atoms. The average Bonchev–Trinajstić information content (AvgIpc) is 3.07. The van der Waals surface area contributed by atoms with Crippen molar-refractivity contribution < 1.29 is 17.9 Å². The van der Waals surface area contributed by atoms with E-state index in [1.807, 2.05) is 13.0 Å². The Kier molecular flexibility index (Phi) is 6.18. The predicted octanol–water partition coefficient (Wildman–Crippen LogP) is 3.36. The molecule has 8 nitrogen and oxygen atoms in total. The number of carbonyl (C=O) groups is 1. The maximum absolute atomic E-state index is 12.6. The van der Waals surface area contributed by atoms with Crippen LogP contribution in [-0.2, 0) is 16.6 Å². The molecule has 0 radical (unpaired) electrons. The molecular weight excluding hydrogens is 428 g/mol. The van der Waals surface area contributed by atoms with Gasteiger partial charge in [0.05, 0.1) is 6.61 Å². The standard InChI is InChI=1S/C23H22N4O4S/c1-2-14-31-23-17(6-5-13-24-23)15-25-22(28)16-9-11-18(12-10-16)26-21-19-7-3-4-8-20(19)32(29,30)27-21/h3-13H,2,14-15H2,1H3,(H,25,28)(H,26,27). The number of amidine groups is 1. The second kappa shape index (κ2) is 9.19. The van der Waals surface area contributed by atoms with Crippen molar-refractivity contribution in [1.82, 2.24) is 10.3 Å². The molecule has 4 rings (SSSR count). The molecule has 1 aliphatic rings. The highest BCUT2D eigenvalue weighted by Crippen LogP contribution is 2.26. The summed E-state index contributed by atoms with van der Waals surface area (Å²) in [6.07, 6.45) is 2.52. The lowest BCUT2D eigenvalue weighted by Gasteiger charge is -2.11. The highest BCUT2D eigenvalue weighted by molar-refractivity contribution is 7.90. The van der Waals surface area contributed by atoms with E-state index in [1.165, 1.54) is 6.07 Å². The molecule has 2 N–H and O–H groups in total. The largest absolute Gasteiger partial charge is 0.477 e. The van der Waals surface area contributed by atoms with Crippen LogP contribution in [0.2, 0.25) is 0 Å². The van der Waals surface area contributed by atoms with E-state index in [-0.39, 0.29) is 23.2 Å². The summed E-state index contributed by atoms with van der Waals surface area (Å²) in [5.74, 6) is 0.531. The molecule has 0 aliphatic carbocycles. The van der Waals surface area contributed by atoms with Crippen molar-refractivity contribution in [3.8, 4) is 5.88 Å².